The lowest BCUT2D eigenvalue weighted by Crippen LogP contribution is -2.32. The van der Waals surface area contributed by atoms with Crippen LogP contribution in [0.25, 0.3) is 11.3 Å². The van der Waals surface area contributed by atoms with Gasteiger partial charge in [-0.15, -0.1) is 10.2 Å². The van der Waals surface area contributed by atoms with Gasteiger partial charge in [-0.1, -0.05) is 29.8 Å². The third-order valence-electron chi connectivity index (χ3n) is 3.97. The van der Waals surface area contributed by atoms with E-state index in [-0.39, 0.29) is 12.6 Å². The highest BCUT2D eigenvalue weighted by Gasteiger charge is 2.04. The number of benzene rings is 2. The highest BCUT2D eigenvalue weighted by molar-refractivity contribution is 5.89. The van der Waals surface area contributed by atoms with E-state index in [2.05, 4.69) is 20.8 Å². The summed E-state index contributed by atoms with van der Waals surface area (Å²) in [6, 6.07) is 18.5. The highest BCUT2D eigenvalue weighted by atomic mass is 16.5. The molecule has 0 saturated carbocycles. The number of nitrogens with one attached hydrogen (secondary N) is 2. The van der Waals surface area contributed by atoms with Gasteiger partial charge in [0.25, 0.3) is 0 Å². The first kappa shape index (κ1) is 19.2. The Labute approximate surface area is 163 Å². The maximum atomic E-state index is 11.9. The number of aryl methyl sites for hydroxylation is 1. The van der Waals surface area contributed by atoms with Crippen LogP contribution < -0.4 is 20.1 Å². The Balaban J connectivity index is 1.40. The van der Waals surface area contributed by atoms with E-state index in [1.165, 1.54) is 5.56 Å². The Morgan fingerprint density at radius 3 is 2.36 bits per heavy atom. The third kappa shape index (κ3) is 5.44. The Morgan fingerprint density at radius 1 is 0.964 bits per heavy atom. The summed E-state index contributed by atoms with van der Waals surface area (Å²) in [5.74, 6) is 1.14. The first-order chi connectivity index (χ1) is 13.6. The smallest absolute Gasteiger partial charge is 0.319 e. The summed E-state index contributed by atoms with van der Waals surface area (Å²) in [4.78, 5) is 11.9. The molecule has 0 spiro atoms. The Hall–Kier alpha value is -3.61. The normalized spacial score (nSPS) is 10.2. The minimum atomic E-state index is -0.311. The number of aromatic nitrogens is 2. The van der Waals surface area contributed by atoms with Crippen LogP contribution in [-0.4, -0.2) is 36.5 Å². The quantitative estimate of drug-likeness (QED) is 0.613. The summed E-state index contributed by atoms with van der Waals surface area (Å²) in [6.07, 6.45) is 0. The van der Waals surface area contributed by atoms with Gasteiger partial charge in [-0.2, -0.15) is 0 Å². The lowest BCUT2D eigenvalue weighted by Gasteiger charge is -2.09. The second-order valence-corrected chi connectivity index (χ2v) is 6.08. The zero-order valence-corrected chi connectivity index (χ0v) is 15.8. The van der Waals surface area contributed by atoms with E-state index in [9.17, 15) is 4.79 Å². The van der Waals surface area contributed by atoms with Crippen LogP contribution in [-0.2, 0) is 0 Å². The standard InChI is InChI=1S/C21H22N4O3/c1-15-3-5-16(6-4-15)19-11-12-20(25-24-19)28-14-13-22-21(26)23-17-7-9-18(27-2)10-8-17/h3-12H,13-14H2,1-2H3,(H2,22,23,26). The number of nitrogens with zero attached hydrogens (tertiary/aromatic N) is 2. The zero-order valence-electron chi connectivity index (χ0n) is 15.8. The molecule has 0 aliphatic carbocycles. The summed E-state index contributed by atoms with van der Waals surface area (Å²) in [7, 11) is 1.59. The minimum Gasteiger partial charge on any atom is -0.497 e. The molecule has 28 heavy (non-hydrogen) atoms. The summed E-state index contributed by atoms with van der Waals surface area (Å²) in [5, 5.41) is 13.7. The molecule has 0 unspecified atom stereocenters. The van der Waals surface area contributed by atoms with E-state index in [4.69, 9.17) is 9.47 Å². The van der Waals surface area contributed by atoms with Crippen molar-refractivity contribution in [3.8, 4) is 22.9 Å². The Morgan fingerprint density at radius 2 is 1.71 bits per heavy atom. The monoisotopic (exact) mass is 378 g/mol. The number of ether oxygens (including phenoxy) is 2. The second-order valence-electron chi connectivity index (χ2n) is 6.08. The van der Waals surface area contributed by atoms with E-state index in [0.29, 0.717) is 18.1 Å². The number of anilines is 1. The number of carbonyl (C=O) groups excluding carboxylic acids is 1. The van der Waals surface area contributed by atoms with Crippen molar-refractivity contribution >= 4 is 11.7 Å². The molecule has 2 amide bonds. The van der Waals surface area contributed by atoms with Crippen LogP contribution in [0.1, 0.15) is 5.56 Å². The molecule has 0 radical (unpaired) electrons. The number of methoxy groups -OCH3 is 1. The van der Waals surface area contributed by atoms with Gasteiger partial charge < -0.3 is 20.1 Å². The number of hydrogen-bond acceptors (Lipinski definition) is 5. The Kier molecular flexibility index (Phi) is 6.41. The molecule has 3 aromatic rings. The molecule has 144 valence electrons. The zero-order chi connectivity index (χ0) is 19.8. The first-order valence-electron chi connectivity index (χ1n) is 8.86. The van der Waals surface area contributed by atoms with E-state index in [1.807, 2.05) is 37.3 Å². The van der Waals surface area contributed by atoms with Crippen molar-refractivity contribution in [3.05, 3.63) is 66.2 Å². The molecule has 1 aromatic heterocycles. The topological polar surface area (TPSA) is 85.4 Å². The molecule has 0 fully saturated rings. The molecule has 0 bridgehead atoms. The van der Waals surface area contributed by atoms with Crippen LogP contribution in [0.15, 0.2) is 60.7 Å². The van der Waals surface area contributed by atoms with Gasteiger partial charge in [0.05, 0.1) is 19.3 Å². The molecule has 0 saturated heterocycles. The maximum absolute atomic E-state index is 11.9. The largest absolute Gasteiger partial charge is 0.497 e. The SMILES string of the molecule is COc1ccc(NC(=O)NCCOc2ccc(-c3ccc(C)cc3)nn2)cc1. The minimum absolute atomic E-state index is 0.286. The number of amides is 2. The fraction of sp³-hybridized carbons (Fsp3) is 0.190. The lowest BCUT2D eigenvalue weighted by atomic mass is 10.1. The summed E-state index contributed by atoms with van der Waals surface area (Å²) >= 11 is 0. The van der Waals surface area contributed by atoms with Crippen LogP contribution in [0.2, 0.25) is 0 Å². The van der Waals surface area contributed by atoms with Crippen LogP contribution in [0.4, 0.5) is 10.5 Å². The number of carbonyl (C=O) groups is 1. The summed E-state index contributed by atoms with van der Waals surface area (Å²) in [5.41, 5.74) is 3.66. The number of urea groups is 1. The van der Waals surface area contributed by atoms with Crippen molar-refractivity contribution in [2.75, 3.05) is 25.6 Å². The predicted molar refractivity (Wildman–Crippen MR) is 108 cm³/mol. The molecule has 7 nitrogen and oxygen atoms in total. The molecule has 2 aromatic carbocycles. The predicted octanol–water partition coefficient (Wildman–Crippen LogP) is 3.66. The average molecular weight is 378 g/mol. The van der Waals surface area contributed by atoms with Crippen molar-refractivity contribution in [3.63, 3.8) is 0 Å². The second kappa shape index (κ2) is 9.36. The lowest BCUT2D eigenvalue weighted by molar-refractivity contribution is 0.246. The van der Waals surface area contributed by atoms with Crippen LogP contribution >= 0.6 is 0 Å². The molecular weight excluding hydrogens is 356 g/mol. The molecule has 1 heterocycles. The van der Waals surface area contributed by atoms with Crippen LogP contribution in [0.5, 0.6) is 11.6 Å². The summed E-state index contributed by atoms with van der Waals surface area (Å²) < 4.78 is 10.6. The van der Waals surface area contributed by atoms with Gasteiger partial charge in [-0.05, 0) is 37.3 Å². The van der Waals surface area contributed by atoms with Gasteiger partial charge in [0.15, 0.2) is 0 Å². The van der Waals surface area contributed by atoms with E-state index in [1.54, 1.807) is 37.4 Å². The fourth-order valence-electron chi connectivity index (χ4n) is 2.45. The number of hydrogen-bond donors (Lipinski definition) is 2. The molecule has 3 rings (SSSR count). The van der Waals surface area contributed by atoms with Crippen molar-refractivity contribution < 1.29 is 14.3 Å². The maximum Gasteiger partial charge on any atom is 0.319 e. The van der Waals surface area contributed by atoms with Gasteiger partial charge in [-0.3, -0.25) is 0 Å². The van der Waals surface area contributed by atoms with Gasteiger partial charge >= 0.3 is 6.03 Å². The molecule has 0 aliphatic rings. The van der Waals surface area contributed by atoms with Crippen LogP contribution in [0, 0.1) is 6.92 Å². The highest BCUT2D eigenvalue weighted by Crippen LogP contribution is 2.18. The molecule has 0 aliphatic heterocycles. The van der Waals surface area contributed by atoms with Crippen molar-refractivity contribution in [1.29, 1.82) is 0 Å². The van der Waals surface area contributed by atoms with Crippen molar-refractivity contribution in [1.82, 2.24) is 15.5 Å². The fourth-order valence-corrected chi connectivity index (χ4v) is 2.45. The van der Waals surface area contributed by atoms with Gasteiger partial charge in [0.1, 0.15) is 12.4 Å². The van der Waals surface area contributed by atoms with Gasteiger partial charge in [0, 0.05) is 17.3 Å². The molecule has 0 atom stereocenters. The first-order valence-corrected chi connectivity index (χ1v) is 8.86. The van der Waals surface area contributed by atoms with Crippen molar-refractivity contribution in [2.24, 2.45) is 0 Å². The molecule has 2 N–H and O–H groups in total. The van der Waals surface area contributed by atoms with Crippen LogP contribution in [0.3, 0.4) is 0 Å². The summed E-state index contributed by atoms with van der Waals surface area (Å²) in [6.45, 7) is 2.66. The average Bonchev–Trinajstić information content (AvgIpc) is 2.73. The Bertz CT molecular complexity index is 894. The van der Waals surface area contributed by atoms with Gasteiger partial charge in [-0.25, -0.2) is 4.79 Å². The van der Waals surface area contributed by atoms with E-state index < -0.39 is 0 Å². The number of rotatable bonds is 7. The van der Waals surface area contributed by atoms with E-state index in [0.717, 1.165) is 17.0 Å². The molecular formula is C21H22N4O3. The van der Waals surface area contributed by atoms with E-state index >= 15 is 0 Å². The third-order valence-corrected chi connectivity index (χ3v) is 3.97. The van der Waals surface area contributed by atoms with Crippen molar-refractivity contribution in [2.45, 2.75) is 6.92 Å². The molecule has 7 heteroatoms. The van der Waals surface area contributed by atoms with Gasteiger partial charge in [0.2, 0.25) is 5.88 Å².